The largest absolute Gasteiger partial charge is 0.369 e. The van der Waals surface area contributed by atoms with Gasteiger partial charge in [0, 0.05) is 15.5 Å². The molecule has 1 aromatic carbocycles. The summed E-state index contributed by atoms with van der Waals surface area (Å²) in [5.41, 5.74) is 0.939. The maximum atomic E-state index is 4.26. The predicted molar refractivity (Wildman–Crippen MR) is 93.6 cm³/mol. The van der Waals surface area contributed by atoms with E-state index in [4.69, 9.17) is 0 Å². The SMILES string of the molecule is CCCNc1ncnc(Nc2ccc(Br)cc2Br)c1Br. The van der Waals surface area contributed by atoms with E-state index in [2.05, 4.69) is 75.3 Å². The summed E-state index contributed by atoms with van der Waals surface area (Å²) in [4.78, 5) is 8.49. The van der Waals surface area contributed by atoms with Gasteiger partial charge in [-0.2, -0.15) is 0 Å². The van der Waals surface area contributed by atoms with Crippen LogP contribution in [0.25, 0.3) is 0 Å². The molecule has 0 bridgehead atoms. The fourth-order valence-electron chi connectivity index (χ4n) is 1.54. The van der Waals surface area contributed by atoms with E-state index < -0.39 is 0 Å². The van der Waals surface area contributed by atoms with Crippen molar-refractivity contribution in [2.45, 2.75) is 13.3 Å². The predicted octanol–water partition coefficient (Wildman–Crippen LogP) is 5.33. The summed E-state index contributed by atoms with van der Waals surface area (Å²) in [6.07, 6.45) is 2.58. The third-order valence-corrected chi connectivity index (χ3v) is 4.42. The molecule has 1 aromatic heterocycles. The first-order valence-corrected chi connectivity index (χ1v) is 8.46. The van der Waals surface area contributed by atoms with Crippen LogP contribution in [0.1, 0.15) is 13.3 Å². The third kappa shape index (κ3) is 3.93. The third-order valence-electron chi connectivity index (χ3n) is 2.52. The van der Waals surface area contributed by atoms with Crippen molar-refractivity contribution in [3.63, 3.8) is 0 Å². The highest BCUT2D eigenvalue weighted by Crippen LogP contribution is 2.32. The molecule has 0 aliphatic carbocycles. The highest BCUT2D eigenvalue weighted by atomic mass is 79.9. The van der Waals surface area contributed by atoms with Crippen molar-refractivity contribution in [3.8, 4) is 0 Å². The number of halogens is 3. The van der Waals surface area contributed by atoms with Crippen molar-refractivity contribution in [2.75, 3.05) is 17.2 Å². The minimum atomic E-state index is 0.724. The second-order valence-corrected chi connectivity index (χ2v) is 6.62. The maximum absolute atomic E-state index is 4.26. The Bertz CT molecular complexity index is 604. The highest BCUT2D eigenvalue weighted by molar-refractivity contribution is 9.11. The van der Waals surface area contributed by atoms with Crippen molar-refractivity contribution in [1.29, 1.82) is 0 Å². The van der Waals surface area contributed by atoms with E-state index in [9.17, 15) is 0 Å². The Morgan fingerprint density at radius 3 is 2.55 bits per heavy atom. The van der Waals surface area contributed by atoms with Gasteiger partial charge < -0.3 is 10.6 Å². The van der Waals surface area contributed by atoms with Crippen LogP contribution >= 0.6 is 47.8 Å². The van der Waals surface area contributed by atoms with E-state index in [1.165, 1.54) is 6.33 Å². The van der Waals surface area contributed by atoms with Crippen LogP contribution in [0.2, 0.25) is 0 Å². The molecule has 106 valence electrons. The number of anilines is 3. The van der Waals surface area contributed by atoms with Crippen molar-refractivity contribution in [1.82, 2.24) is 9.97 Å². The Morgan fingerprint density at radius 1 is 1.10 bits per heavy atom. The second kappa shape index (κ2) is 7.38. The first kappa shape index (κ1) is 15.7. The van der Waals surface area contributed by atoms with Crippen LogP contribution in [-0.2, 0) is 0 Å². The minimum Gasteiger partial charge on any atom is -0.369 e. The number of hydrogen-bond acceptors (Lipinski definition) is 4. The average molecular weight is 465 g/mol. The van der Waals surface area contributed by atoms with E-state index in [0.29, 0.717) is 0 Å². The minimum absolute atomic E-state index is 0.724. The fourth-order valence-corrected chi connectivity index (χ4v) is 3.13. The number of hydrogen-bond donors (Lipinski definition) is 2. The molecule has 20 heavy (non-hydrogen) atoms. The standard InChI is InChI=1S/C13H13Br3N4/c1-2-5-17-12-11(16)13(19-7-18-12)20-10-4-3-8(14)6-9(10)15/h3-4,6-7H,2,5H2,1H3,(H2,17,18,19,20). The lowest BCUT2D eigenvalue weighted by Crippen LogP contribution is -2.05. The number of aromatic nitrogens is 2. The lowest BCUT2D eigenvalue weighted by atomic mass is 10.3. The molecule has 2 rings (SSSR count). The van der Waals surface area contributed by atoms with Gasteiger partial charge in [0.25, 0.3) is 0 Å². The molecule has 0 saturated carbocycles. The number of nitrogens with one attached hydrogen (secondary N) is 2. The molecule has 2 aromatic rings. The quantitative estimate of drug-likeness (QED) is 0.628. The molecule has 0 radical (unpaired) electrons. The van der Waals surface area contributed by atoms with E-state index in [0.717, 1.165) is 43.7 Å². The molecule has 0 saturated heterocycles. The molecule has 0 unspecified atom stereocenters. The average Bonchev–Trinajstić information content (AvgIpc) is 2.42. The molecule has 2 N–H and O–H groups in total. The molecule has 0 aliphatic heterocycles. The normalized spacial score (nSPS) is 10.4. The summed E-state index contributed by atoms with van der Waals surface area (Å²) in [7, 11) is 0. The molecule has 0 atom stereocenters. The second-order valence-electron chi connectivity index (χ2n) is 4.06. The zero-order valence-corrected chi connectivity index (χ0v) is 15.5. The Morgan fingerprint density at radius 2 is 1.85 bits per heavy atom. The highest BCUT2D eigenvalue weighted by Gasteiger charge is 2.10. The number of nitrogens with zero attached hydrogens (tertiary/aromatic N) is 2. The molecule has 0 spiro atoms. The maximum Gasteiger partial charge on any atom is 0.150 e. The van der Waals surface area contributed by atoms with Crippen molar-refractivity contribution in [2.24, 2.45) is 0 Å². The lowest BCUT2D eigenvalue weighted by Gasteiger charge is -2.12. The van der Waals surface area contributed by atoms with Gasteiger partial charge in [0.1, 0.15) is 22.4 Å². The van der Waals surface area contributed by atoms with Gasteiger partial charge in [0.2, 0.25) is 0 Å². The number of rotatable bonds is 5. The van der Waals surface area contributed by atoms with Crippen molar-refractivity contribution in [3.05, 3.63) is 37.9 Å². The van der Waals surface area contributed by atoms with Crippen molar-refractivity contribution >= 4 is 65.1 Å². The molecule has 1 heterocycles. The first-order valence-electron chi connectivity index (χ1n) is 6.08. The Balaban J connectivity index is 2.24. The van der Waals surface area contributed by atoms with Crippen LogP contribution in [0.4, 0.5) is 17.3 Å². The van der Waals surface area contributed by atoms with Gasteiger partial charge in [-0.25, -0.2) is 9.97 Å². The number of benzene rings is 1. The lowest BCUT2D eigenvalue weighted by molar-refractivity contribution is 0.962. The fraction of sp³-hybridized carbons (Fsp3) is 0.231. The Labute approximate surface area is 143 Å². The monoisotopic (exact) mass is 462 g/mol. The summed E-state index contributed by atoms with van der Waals surface area (Å²) < 4.78 is 2.80. The van der Waals surface area contributed by atoms with Gasteiger partial charge in [-0.05, 0) is 56.5 Å². The van der Waals surface area contributed by atoms with E-state index in [1.54, 1.807) is 0 Å². The first-order chi connectivity index (χ1) is 9.61. The molecule has 0 aliphatic rings. The molecule has 4 nitrogen and oxygen atoms in total. The van der Waals surface area contributed by atoms with Crippen molar-refractivity contribution < 1.29 is 0 Å². The van der Waals surface area contributed by atoms with E-state index in [1.807, 2.05) is 18.2 Å². The van der Waals surface area contributed by atoms with Gasteiger partial charge in [-0.3, -0.25) is 0 Å². The van der Waals surface area contributed by atoms with E-state index in [-0.39, 0.29) is 0 Å². The van der Waals surface area contributed by atoms with Crippen LogP contribution in [-0.4, -0.2) is 16.5 Å². The van der Waals surface area contributed by atoms with Crippen LogP contribution < -0.4 is 10.6 Å². The molecular weight excluding hydrogens is 452 g/mol. The van der Waals surface area contributed by atoms with Crippen LogP contribution in [0, 0.1) is 0 Å². The van der Waals surface area contributed by atoms with Crippen LogP contribution in [0.3, 0.4) is 0 Å². The molecule has 0 amide bonds. The van der Waals surface area contributed by atoms with Gasteiger partial charge in [-0.15, -0.1) is 0 Å². The summed E-state index contributed by atoms with van der Waals surface area (Å²) in [6.45, 7) is 2.98. The summed E-state index contributed by atoms with van der Waals surface area (Å²) in [5.74, 6) is 1.51. The van der Waals surface area contributed by atoms with Gasteiger partial charge in [0.15, 0.2) is 0 Å². The van der Waals surface area contributed by atoms with E-state index >= 15 is 0 Å². The molecule has 7 heteroatoms. The summed E-state index contributed by atoms with van der Waals surface area (Å²) in [6, 6.07) is 5.92. The zero-order chi connectivity index (χ0) is 14.5. The summed E-state index contributed by atoms with van der Waals surface area (Å²) in [5, 5.41) is 6.53. The van der Waals surface area contributed by atoms with Gasteiger partial charge in [-0.1, -0.05) is 22.9 Å². The molecular formula is C13H13Br3N4. The summed E-state index contributed by atoms with van der Waals surface area (Å²) >= 11 is 10.5. The Hall–Kier alpha value is -0.660. The van der Waals surface area contributed by atoms with Gasteiger partial charge in [0.05, 0.1) is 5.69 Å². The zero-order valence-electron chi connectivity index (χ0n) is 10.8. The Kier molecular flexibility index (Phi) is 5.80. The van der Waals surface area contributed by atoms with Gasteiger partial charge >= 0.3 is 0 Å². The topological polar surface area (TPSA) is 49.8 Å². The van der Waals surface area contributed by atoms with Crippen LogP contribution in [0.5, 0.6) is 0 Å². The smallest absolute Gasteiger partial charge is 0.150 e. The van der Waals surface area contributed by atoms with Crippen LogP contribution in [0.15, 0.2) is 37.9 Å². The molecule has 0 fully saturated rings.